The number of amides is 3. The number of urea groups is 1. The highest BCUT2D eigenvalue weighted by Crippen LogP contribution is 2.75. The van der Waals surface area contributed by atoms with E-state index >= 15 is 0 Å². The summed E-state index contributed by atoms with van der Waals surface area (Å²) in [6.07, 6.45) is 4.22. The quantitative estimate of drug-likeness (QED) is 0.581. The zero-order valence-corrected chi connectivity index (χ0v) is 20.0. The van der Waals surface area contributed by atoms with E-state index < -0.39 is 22.6 Å². The van der Waals surface area contributed by atoms with Gasteiger partial charge < -0.3 is 15.2 Å². The first-order valence-electron chi connectivity index (χ1n) is 12.7. The minimum atomic E-state index is -0.961. The molecule has 5 aliphatic rings. The molecule has 3 spiro atoms. The molecule has 2 saturated heterocycles. The summed E-state index contributed by atoms with van der Waals surface area (Å²) < 4.78 is 5.56. The van der Waals surface area contributed by atoms with Gasteiger partial charge in [0.15, 0.2) is 0 Å². The van der Waals surface area contributed by atoms with Crippen LogP contribution in [0.4, 0.5) is 4.79 Å². The van der Waals surface area contributed by atoms with E-state index in [-0.39, 0.29) is 17.4 Å². The third-order valence-electron chi connectivity index (χ3n) is 9.86. The van der Waals surface area contributed by atoms with Gasteiger partial charge in [-0.15, -0.1) is 0 Å². The number of benzene rings is 2. The smallest absolute Gasteiger partial charge is 0.322 e. The number of carbonyl (C=O) groups is 2. The van der Waals surface area contributed by atoms with Crippen LogP contribution in [-0.4, -0.2) is 59.3 Å². The van der Waals surface area contributed by atoms with Crippen molar-refractivity contribution in [2.24, 2.45) is 0 Å². The van der Waals surface area contributed by atoms with Gasteiger partial charge in [0.05, 0.1) is 18.8 Å². The van der Waals surface area contributed by atoms with Crippen molar-refractivity contribution in [2.45, 2.75) is 66.5 Å². The van der Waals surface area contributed by atoms with Crippen molar-refractivity contribution in [2.75, 3.05) is 20.2 Å². The van der Waals surface area contributed by atoms with Crippen LogP contribution < -0.4 is 15.4 Å². The van der Waals surface area contributed by atoms with E-state index in [0.29, 0.717) is 19.3 Å². The van der Waals surface area contributed by atoms with Crippen LogP contribution in [-0.2, 0) is 22.0 Å². The van der Waals surface area contributed by atoms with E-state index in [9.17, 15) is 14.7 Å². The van der Waals surface area contributed by atoms with Crippen LogP contribution in [0.5, 0.6) is 5.75 Å². The molecule has 2 bridgehead atoms. The summed E-state index contributed by atoms with van der Waals surface area (Å²) in [5, 5.41) is 17.9. The fourth-order valence-corrected chi connectivity index (χ4v) is 8.64. The Bertz CT molecular complexity index is 1250. The van der Waals surface area contributed by atoms with E-state index in [1.165, 1.54) is 11.1 Å². The van der Waals surface area contributed by atoms with Crippen LogP contribution in [0.25, 0.3) is 0 Å². The number of hydrogen-bond acceptors (Lipinski definition) is 5. The first-order valence-corrected chi connectivity index (χ1v) is 12.7. The van der Waals surface area contributed by atoms with E-state index in [1.54, 1.807) is 7.11 Å². The second-order valence-electron chi connectivity index (χ2n) is 11.4. The lowest BCUT2D eigenvalue weighted by molar-refractivity contribution is -0.159. The molecule has 2 heterocycles. The summed E-state index contributed by atoms with van der Waals surface area (Å²) in [6.45, 7) is 1.86. The van der Waals surface area contributed by atoms with Gasteiger partial charge in [-0.05, 0) is 73.9 Å². The zero-order valence-electron chi connectivity index (χ0n) is 20.0. The highest BCUT2D eigenvalue weighted by atomic mass is 16.5. The molecule has 0 aromatic heterocycles. The molecule has 4 fully saturated rings. The van der Waals surface area contributed by atoms with Crippen molar-refractivity contribution in [1.82, 2.24) is 15.5 Å². The number of nitrogens with one attached hydrogen (secondary N) is 2. The van der Waals surface area contributed by atoms with Crippen LogP contribution in [0.2, 0.25) is 0 Å². The number of carbonyl (C=O) groups excluding carboxylic acids is 2. The molecule has 2 aromatic rings. The predicted octanol–water partition coefficient (Wildman–Crippen LogP) is 2.40. The number of fused-ring (bicyclic) bond motifs is 2. The molecule has 3 N–H and O–H groups in total. The zero-order chi connectivity index (χ0) is 24.1. The molecule has 182 valence electrons. The Hall–Kier alpha value is -2.90. The number of aliphatic hydroxyl groups is 1. The van der Waals surface area contributed by atoms with Crippen molar-refractivity contribution >= 4 is 11.9 Å². The number of methoxy groups -OCH3 is 1. The Kier molecular flexibility index (Phi) is 4.19. The highest BCUT2D eigenvalue weighted by Gasteiger charge is 2.82. The molecule has 2 saturated carbocycles. The highest BCUT2D eigenvalue weighted by molar-refractivity contribution is 6.07. The van der Waals surface area contributed by atoms with Crippen LogP contribution >= 0.6 is 0 Å². The van der Waals surface area contributed by atoms with Crippen molar-refractivity contribution in [3.8, 4) is 5.75 Å². The van der Waals surface area contributed by atoms with Gasteiger partial charge >= 0.3 is 6.03 Å². The number of imide groups is 1. The molecule has 7 heteroatoms. The molecule has 7 rings (SSSR count). The minimum absolute atomic E-state index is 0.0317. The second kappa shape index (κ2) is 6.86. The summed E-state index contributed by atoms with van der Waals surface area (Å²) in [6, 6.07) is 16.4. The molecule has 35 heavy (non-hydrogen) atoms. The fraction of sp³-hybridized carbons (Fsp3) is 0.500. The predicted molar refractivity (Wildman–Crippen MR) is 129 cm³/mol. The van der Waals surface area contributed by atoms with Crippen LogP contribution in [0.1, 0.15) is 48.8 Å². The van der Waals surface area contributed by atoms with Gasteiger partial charge in [-0.1, -0.05) is 36.4 Å². The van der Waals surface area contributed by atoms with Gasteiger partial charge in [-0.2, -0.15) is 0 Å². The van der Waals surface area contributed by atoms with Gasteiger partial charge in [0.25, 0.3) is 5.91 Å². The third-order valence-corrected chi connectivity index (χ3v) is 9.86. The maximum absolute atomic E-state index is 13.0. The lowest BCUT2D eigenvalue weighted by Crippen LogP contribution is -2.76. The van der Waals surface area contributed by atoms with E-state index in [4.69, 9.17) is 4.74 Å². The Morgan fingerprint density at radius 1 is 1.09 bits per heavy atom. The SMILES string of the molecule is COc1ccc2c(c1)[C@]13CC24CN(CCCc2ccccc2)[C@H]4[C@]1(O)CC[C@@]1(C3)NC(=O)NC1=O. The van der Waals surface area contributed by atoms with E-state index in [1.807, 2.05) is 12.1 Å². The van der Waals surface area contributed by atoms with Crippen molar-refractivity contribution < 1.29 is 19.4 Å². The molecular weight excluding hydrogens is 442 g/mol. The summed E-state index contributed by atoms with van der Waals surface area (Å²) in [5.41, 5.74) is 1.11. The monoisotopic (exact) mass is 473 g/mol. The molecule has 3 amide bonds. The fourth-order valence-electron chi connectivity index (χ4n) is 8.64. The average Bonchev–Trinajstić information content (AvgIpc) is 3.35. The summed E-state index contributed by atoms with van der Waals surface area (Å²) >= 11 is 0. The van der Waals surface area contributed by atoms with Crippen molar-refractivity contribution in [1.29, 1.82) is 0 Å². The molecule has 1 unspecified atom stereocenters. The van der Waals surface area contributed by atoms with E-state index in [0.717, 1.165) is 43.7 Å². The van der Waals surface area contributed by atoms with Crippen LogP contribution in [0, 0.1) is 0 Å². The lowest BCUT2D eigenvalue weighted by Gasteiger charge is -2.63. The van der Waals surface area contributed by atoms with Gasteiger partial charge in [-0.25, -0.2) is 4.79 Å². The largest absolute Gasteiger partial charge is 0.497 e. The maximum atomic E-state index is 13.0. The molecule has 0 radical (unpaired) electrons. The second-order valence-corrected chi connectivity index (χ2v) is 11.4. The van der Waals surface area contributed by atoms with Gasteiger partial charge in [-0.3, -0.25) is 15.0 Å². The lowest BCUT2D eigenvalue weighted by atomic mass is 9.52. The summed E-state index contributed by atoms with van der Waals surface area (Å²) in [4.78, 5) is 27.6. The first-order chi connectivity index (χ1) is 16.9. The number of likely N-dealkylation sites (tertiary alicyclic amines) is 1. The molecule has 5 atom stereocenters. The number of hydrogen-bond donors (Lipinski definition) is 3. The number of nitrogens with zero attached hydrogens (tertiary/aromatic N) is 1. The Morgan fingerprint density at radius 3 is 2.66 bits per heavy atom. The normalized spacial score (nSPS) is 38.4. The number of aryl methyl sites for hydroxylation is 1. The summed E-state index contributed by atoms with van der Waals surface area (Å²) in [7, 11) is 1.66. The Balaban J connectivity index is 1.25. The Labute approximate surface area is 204 Å². The maximum Gasteiger partial charge on any atom is 0.322 e. The standard InChI is InChI=1S/C28H31N3O4/c1-35-19-9-10-20-21(14-19)26-15-25(20)17-31(13-5-8-18-6-3-2-4-7-18)22(25)28(26,34)12-11-27(16-26)23(32)29-24(33)30-27/h2-4,6-7,9-10,14,22,34H,5,8,11-13,15-17H2,1H3,(H2,29,30,32,33)/t22-,25?,26-,27+,28-/m1/s1. The van der Waals surface area contributed by atoms with Crippen molar-refractivity contribution in [3.63, 3.8) is 0 Å². The first kappa shape index (κ1) is 21.4. The van der Waals surface area contributed by atoms with Gasteiger partial charge in [0.2, 0.25) is 0 Å². The van der Waals surface area contributed by atoms with Gasteiger partial charge in [0.1, 0.15) is 11.3 Å². The molecule has 2 aromatic carbocycles. The summed E-state index contributed by atoms with van der Waals surface area (Å²) in [5.74, 6) is 0.503. The number of rotatable bonds is 5. The molecular formula is C28H31N3O4. The third kappa shape index (κ3) is 2.53. The van der Waals surface area contributed by atoms with Crippen LogP contribution in [0.3, 0.4) is 0 Å². The molecule has 7 nitrogen and oxygen atoms in total. The van der Waals surface area contributed by atoms with Crippen molar-refractivity contribution in [3.05, 3.63) is 65.2 Å². The molecule has 2 aliphatic heterocycles. The average molecular weight is 474 g/mol. The Morgan fingerprint density at radius 2 is 1.91 bits per heavy atom. The van der Waals surface area contributed by atoms with Gasteiger partial charge in [0, 0.05) is 17.4 Å². The van der Waals surface area contributed by atoms with E-state index in [2.05, 4.69) is 51.9 Å². The van der Waals surface area contributed by atoms with Crippen LogP contribution in [0.15, 0.2) is 48.5 Å². The topological polar surface area (TPSA) is 90.9 Å². The molecule has 3 aliphatic carbocycles. The minimum Gasteiger partial charge on any atom is -0.497 e. The number of ether oxygens (including phenoxy) is 1.